The molecule has 11 nitrogen and oxygen atoms in total. The van der Waals surface area contributed by atoms with E-state index in [1.807, 2.05) is 0 Å². The molecule has 3 aromatic rings. The van der Waals surface area contributed by atoms with Crippen molar-refractivity contribution in [2.45, 2.75) is 37.4 Å². The van der Waals surface area contributed by atoms with Crippen molar-refractivity contribution in [3.8, 4) is 5.75 Å². The summed E-state index contributed by atoms with van der Waals surface area (Å²) in [5.74, 6) is -1.01. The van der Waals surface area contributed by atoms with Gasteiger partial charge in [0, 0.05) is 6.54 Å². The first kappa shape index (κ1) is 21.7. The van der Waals surface area contributed by atoms with Gasteiger partial charge in [-0.3, -0.25) is 9.36 Å². The van der Waals surface area contributed by atoms with Gasteiger partial charge in [0.1, 0.15) is 29.8 Å². The van der Waals surface area contributed by atoms with Crippen LogP contribution < -0.4 is 15.8 Å². The zero-order valence-electron chi connectivity index (χ0n) is 16.1. The summed E-state index contributed by atoms with van der Waals surface area (Å²) in [6, 6.07) is 4.89. The predicted molar refractivity (Wildman–Crippen MR) is 101 cm³/mol. The molecule has 4 rings (SSSR count). The van der Waals surface area contributed by atoms with Crippen LogP contribution in [0.25, 0.3) is 11.2 Å². The van der Waals surface area contributed by atoms with Crippen molar-refractivity contribution in [2.24, 2.45) is 0 Å². The molecule has 32 heavy (non-hydrogen) atoms. The Bertz CT molecular complexity index is 1120. The number of aromatic nitrogens is 4. The second kappa shape index (κ2) is 8.22. The van der Waals surface area contributed by atoms with E-state index < -0.39 is 42.6 Å². The number of hydrogen-bond donors (Lipinski definition) is 4. The molecule has 0 spiro atoms. The largest absolute Gasteiger partial charge is 0.573 e. The average Bonchev–Trinajstić information content (AvgIpc) is 3.29. The van der Waals surface area contributed by atoms with Gasteiger partial charge in [0.15, 0.2) is 23.8 Å². The summed E-state index contributed by atoms with van der Waals surface area (Å²) in [4.78, 5) is 24.4. The van der Waals surface area contributed by atoms with Gasteiger partial charge in [-0.15, -0.1) is 13.2 Å². The first-order valence-corrected chi connectivity index (χ1v) is 9.21. The van der Waals surface area contributed by atoms with Crippen LogP contribution in [0.3, 0.4) is 0 Å². The van der Waals surface area contributed by atoms with E-state index in [9.17, 15) is 28.2 Å². The summed E-state index contributed by atoms with van der Waals surface area (Å²) in [6.07, 6.45) is -7.93. The molecule has 14 heteroatoms. The Morgan fingerprint density at radius 3 is 2.59 bits per heavy atom. The average molecular weight is 454 g/mol. The highest BCUT2D eigenvalue weighted by Gasteiger charge is 2.47. The fourth-order valence-electron chi connectivity index (χ4n) is 3.26. The Balaban J connectivity index is 1.41. The van der Waals surface area contributed by atoms with Crippen molar-refractivity contribution in [3.05, 3.63) is 42.5 Å². The summed E-state index contributed by atoms with van der Waals surface area (Å²) in [5.41, 5.74) is 6.72. The lowest BCUT2D eigenvalue weighted by Crippen LogP contribution is -2.42. The zero-order chi connectivity index (χ0) is 23.0. The number of nitrogens with two attached hydrogens (primary N) is 1. The van der Waals surface area contributed by atoms with Crippen molar-refractivity contribution in [1.29, 1.82) is 0 Å². The van der Waals surface area contributed by atoms with E-state index in [1.165, 1.54) is 29.4 Å². The predicted octanol–water partition coefficient (Wildman–Crippen LogP) is 0.243. The topological polar surface area (TPSA) is 158 Å². The van der Waals surface area contributed by atoms with Gasteiger partial charge < -0.3 is 30.7 Å². The summed E-state index contributed by atoms with van der Waals surface area (Å²) >= 11 is 0. The summed E-state index contributed by atoms with van der Waals surface area (Å²) in [7, 11) is 0. The van der Waals surface area contributed by atoms with E-state index in [4.69, 9.17) is 10.5 Å². The zero-order valence-corrected chi connectivity index (χ0v) is 16.1. The second-order valence-corrected chi connectivity index (χ2v) is 6.92. The molecule has 0 aliphatic carbocycles. The van der Waals surface area contributed by atoms with Crippen LogP contribution in [0.2, 0.25) is 0 Å². The molecule has 3 heterocycles. The minimum Gasteiger partial charge on any atom is -0.406 e. The number of ether oxygens (including phenoxy) is 2. The van der Waals surface area contributed by atoms with E-state index in [-0.39, 0.29) is 23.5 Å². The molecule has 2 aromatic heterocycles. The first-order valence-electron chi connectivity index (χ1n) is 9.21. The Morgan fingerprint density at radius 1 is 1.19 bits per heavy atom. The van der Waals surface area contributed by atoms with Gasteiger partial charge in [-0.1, -0.05) is 12.1 Å². The van der Waals surface area contributed by atoms with Crippen LogP contribution in [0.5, 0.6) is 5.75 Å². The minimum atomic E-state index is -4.80. The van der Waals surface area contributed by atoms with Crippen molar-refractivity contribution >= 4 is 22.9 Å². The molecule has 1 aromatic carbocycles. The number of nitrogens with one attached hydrogen (secondary N) is 1. The number of aliphatic hydroxyl groups excluding tert-OH is 2. The van der Waals surface area contributed by atoms with Crippen LogP contribution in [0.1, 0.15) is 11.8 Å². The fraction of sp³-hybridized carbons (Fsp3) is 0.333. The van der Waals surface area contributed by atoms with E-state index in [2.05, 4.69) is 25.0 Å². The number of nitrogens with zero attached hydrogens (tertiary/aromatic N) is 4. The lowest BCUT2D eigenvalue weighted by molar-refractivity contribution is -0.274. The van der Waals surface area contributed by atoms with Crippen molar-refractivity contribution in [2.75, 3.05) is 5.73 Å². The number of benzene rings is 1. The Morgan fingerprint density at radius 2 is 1.91 bits per heavy atom. The third-order valence-electron chi connectivity index (χ3n) is 4.78. The van der Waals surface area contributed by atoms with Crippen LogP contribution in [-0.4, -0.2) is 60.3 Å². The molecule has 0 bridgehead atoms. The highest BCUT2D eigenvalue weighted by atomic mass is 19.4. The third kappa shape index (κ3) is 4.28. The number of carbonyl (C=O) groups is 1. The van der Waals surface area contributed by atoms with Gasteiger partial charge in [-0.05, 0) is 17.7 Å². The first-order chi connectivity index (χ1) is 15.1. The van der Waals surface area contributed by atoms with Crippen LogP contribution in [0, 0.1) is 0 Å². The molecule has 5 N–H and O–H groups in total. The quantitative estimate of drug-likeness (QED) is 0.424. The number of imidazole rings is 1. The lowest BCUT2D eigenvalue weighted by Gasteiger charge is -2.16. The molecule has 1 fully saturated rings. The smallest absolute Gasteiger partial charge is 0.406 e. The van der Waals surface area contributed by atoms with Crippen LogP contribution >= 0.6 is 0 Å². The summed E-state index contributed by atoms with van der Waals surface area (Å²) in [5, 5.41) is 23.2. The molecule has 1 aliphatic heterocycles. The number of nitrogen functional groups attached to an aromatic ring is 1. The number of halogens is 3. The molecule has 1 amide bonds. The number of amides is 1. The minimum absolute atomic E-state index is 0.0593. The maximum atomic E-state index is 12.5. The maximum absolute atomic E-state index is 12.5. The third-order valence-corrected chi connectivity index (χ3v) is 4.78. The summed E-state index contributed by atoms with van der Waals surface area (Å²) < 4.78 is 47.3. The molecule has 0 saturated carbocycles. The van der Waals surface area contributed by atoms with E-state index in [0.29, 0.717) is 5.56 Å². The lowest BCUT2D eigenvalue weighted by atomic mass is 10.1. The van der Waals surface area contributed by atoms with Gasteiger partial charge in [0.2, 0.25) is 0 Å². The van der Waals surface area contributed by atoms with Crippen molar-refractivity contribution in [3.63, 3.8) is 0 Å². The highest BCUT2D eigenvalue weighted by Crippen LogP contribution is 2.32. The Hall–Kier alpha value is -3.49. The molecule has 1 saturated heterocycles. The van der Waals surface area contributed by atoms with Gasteiger partial charge >= 0.3 is 6.36 Å². The SMILES string of the molecule is Nc1ncnc2c1ncn2[C@@H]1O[C@H](C(=O)NCc2ccc(OC(F)(F)F)cc2)[C@@H](O)[C@H]1O. The molecule has 1 aliphatic rings. The number of hydrogen-bond acceptors (Lipinski definition) is 9. The second-order valence-electron chi connectivity index (χ2n) is 6.92. The normalized spacial score (nSPS) is 23.4. The Labute approximate surface area is 177 Å². The van der Waals surface area contributed by atoms with Crippen LogP contribution in [0.4, 0.5) is 19.0 Å². The number of aliphatic hydroxyl groups is 2. The Kier molecular flexibility index (Phi) is 5.58. The standard InChI is InChI=1S/C18H17F3N6O5/c19-18(20,21)32-9-3-1-8(2-4-9)5-23-16(30)13-11(28)12(29)17(31-13)27-7-26-10-14(22)24-6-25-15(10)27/h1-4,6-7,11-13,17,28-29H,5H2,(H,23,30)(H2,22,24,25)/t11-,12+,13-,17+/m0/s1. The van der Waals surface area contributed by atoms with Crippen LogP contribution in [-0.2, 0) is 16.1 Å². The summed E-state index contributed by atoms with van der Waals surface area (Å²) in [6.45, 7) is -0.0593. The monoisotopic (exact) mass is 454 g/mol. The van der Waals surface area contributed by atoms with E-state index >= 15 is 0 Å². The molecule has 0 radical (unpaired) electrons. The van der Waals surface area contributed by atoms with Gasteiger partial charge in [-0.25, -0.2) is 15.0 Å². The maximum Gasteiger partial charge on any atom is 0.573 e. The van der Waals surface area contributed by atoms with Gasteiger partial charge in [-0.2, -0.15) is 0 Å². The highest BCUT2D eigenvalue weighted by molar-refractivity contribution is 5.82. The van der Waals surface area contributed by atoms with Gasteiger partial charge in [0.25, 0.3) is 5.91 Å². The molecule has 0 unspecified atom stereocenters. The van der Waals surface area contributed by atoms with Crippen molar-refractivity contribution in [1.82, 2.24) is 24.8 Å². The van der Waals surface area contributed by atoms with Gasteiger partial charge in [0.05, 0.1) is 6.33 Å². The number of carbonyl (C=O) groups excluding carboxylic acids is 1. The number of rotatable bonds is 5. The fourth-order valence-corrected chi connectivity index (χ4v) is 3.26. The molecule has 4 atom stereocenters. The van der Waals surface area contributed by atoms with E-state index in [1.54, 1.807) is 0 Å². The number of anilines is 1. The molecular weight excluding hydrogens is 437 g/mol. The van der Waals surface area contributed by atoms with Crippen LogP contribution in [0.15, 0.2) is 36.9 Å². The molecule has 170 valence electrons. The van der Waals surface area contributed by atoms with E-state index in [0.717, 1.165) is 12.1 Å². The van der Waals surface area contributed by atoms with Crippen molar-refractivity contribution < 1.29 is 37.7 Å². The molecular formula is C18H17F3N6O5. The number of fused-ring (bicyclic) bond motifs is 1. The number of alkyl halides is 3.